The van der Waals surface area contributed by atoms with E-state index in [0.29, 0.717) is 12.1 Å². The number of hydrogen-bond donors (Lipinski definition) is 0. The van der Waals surface area contributed by atoms with E-state index in [1.807, 2.05) is 0 Å². The maximum Gasteiger partial charge on any atom is 0.00412 e. The second-order valence-corrected chi connectivity index (χ2v) is 8.08. The number of rotatable bonds is 13. The van der Waals surface area contributed by atoms with Crippen molar-refractivity contribution in [2.75, 3.05) is 26.2 Å². The molecule has 0 saturated carbocycles. The fourth-order valence-electron chi connectivity index (χ4n) is 3.16. The highest BCUT2D eigenvalue weighted by atomic mass is 15.2. The summed E-state index contributed by atoms with van der Waals surface area (Å²) in [7, 11) is 0. The van der Waals surface area contributed by atoms with Gasteiger partial charge < -0.3 is 4.90 Å². The topological polar surface area (TPSA) is 6.48 Å². The van der Waals surface area contributed by atoms with Gasteiger partial charge in [0.15, 0.2) is 0 Å². The van der Waals surface area contributed by atoms with Crippen LogP contribution in [0.5, 0.6) is 0 Å². The van der Waals surface area contributed by atoms with Crippen molar-refractivity contribution in [1.82, 2.24) is 9.80 Å². The third kappa shape index (κ3) is 10.6. The minimum absolute atomic E-state index is 0.666. The first kappa shape index (κ1) is 21.9. The summed E-state index contributed by atoms with van der Waals surface area (Å²) >= 11 is 0. The lowest BCUT2D eigenvalue weighted by Gasteiger charge is -2.31. The summed E-state index contributed by atoms with van der Waals surface area (Å²) in [4.78, 5) is 5.25. The largest absolute Gasteiger partial charge is 0.304 e. The van der Waals surface area contributed by atoms with Crippen molar-refractivity contribution in [3.8, 4) is 0 Å². The maximum atomic E-state index is 2.63. The maximum absolute atomic E-state index is 2.63. The molecule has 1 atom stereocenters. The molecule has 0 saturated heterocycles. The van der Waals surface area contributed by atoms with E-state index in [9.17, 15) is 0 Å². The van der Waals surface area contributed by atoms with E-state index in [-0.39, 0.29) is 0 Å². The van der Waals surface area contributed by atoms with Gasteiger partial charge in [0, 0.05) is 12.1 Å². The van der Waals surface area contributed by atoms with Gasteiger partial charge in [-0.2, -0.15) is 0 Å². The molecule has 0 bridgehead atoms. The number of nitrogens with zero attached hydrogens (tertiary/aromatic N) is 2. The first-order valence-electron chi connectivity index (χ1n) is 9.75. The van der Waals surface area contributed by atoms with E-state index < -0.39 is 0 Å². The van der Waals surface area contributed by atoms with Crippen LogP contribution >= 0.6 is 0 Å². The zero-order valence-electron chi connectivity index (χ0n) is 16.9. The predicted molar refractivity (Wildman–Crippen MR) is 102 cm³/mol. The first-order valence-corrected chi connectivity index (χ1v) is 9.75. The van der Waals surface area contributed by atoms with E-state index in [1.54, 1.807) is 0 Å². The lowest BCUT2D eigenvalue weighted by atomic mass is 10.0. The molecule has 0 heterocycles. The van der Waals surface area contributed by atoms with Gasteiger partial charge in [-0.1, -0.05) is 27.7 Å². The summed E-state index contributed by atoms with van der Waals surface area (Å²) in [5, 5.41) is 0. The molecule has 0 aliphatic rings. The summed E-state index contributed by atoms with van der Waals surface area (Å²) in [6.45, 7) is 23.7. The van der Waals surface area contributed by atoms with Crippen LogP contribution in [-0.2, 0) is 0 Å². The van der Waals surface area contributed by atoms with Gasteiger partial charge in [0.2, 0.25) is 0 Å². The molecule has 0 aliphatic heterocycles. The van der Waals surface area contributed by atoms with E-state index in [0.717, 1.165) is 11.8 Å². The summed E-state index contributed by atoms with van der Waals surface area (Å²) in [5.74, 6) is 1.68. The average Bonchev–Trinajstić information content (AvgIpc) is 2.41. The second kappa shape index (κ2) is 12.4. The van der Waals surface area contributed by atoms with Gasteiger partial charge in [-0.15, -0.1) is 0 Å². The van der Waals surface area contributed by atoms with Crippen LogP contribution in [0.2, 0.25) is 0 Å². The Kier molecular flexibility index (Phi) is 12.3. The third-order valence-corrected chi connectivity index (χ3v) is 4.85. The smallest absolute Gasteiger partial charge is 0.00412 e. The zero-order chi connectivity index (χ0) is 17.1. The molecule has 0 N–H and O–H groups in total. The summed E-state index contributed by atoms with van der Waals surface area (Å²) < 4.78 is 0. The Morgan fingerprint density at radius 1 is 0.682 bits per heavy atom. The van der Waals surface area contributed by atoms with E-state index in [4.69, 9.17) is 0 Å². The van der Waals surface area contributed by atoms with Crippen molar-refractivity contribution in [3.05, 3.63) is 0 Å². The Hall–Kier alpha value is -0.0800. The molecule has 2 nitrogen and oxygen atoms in total. The van der Waals surface area contributed by atoms with E-state index in [2.05, 4.69) is 65.2 Å². The summed E-state index contributed by atoms with van der Waals surface area (Å²) in [5.41, 5.74) is 0. The molecule has 0 aromatic carbocycles. The highest BCUT2D eigenvalue weighted by Gasteiger charge is 2.14. The lowest BCUT2D eigenvalue weighted by molar-refractivity contribution is 0.161. The molecule has 0 aliphatic carbocycles. The number of hydrogen-bond acceptors (Lipinski definition) is 2. The van der Waals surface area contributed by atoms with Gasteiger partial charge in [0.25, 0.3) is 0 Å². The Morgan fingerprint density at radius 2 is 1.27 bits per heavy atom. The molecule has 22 heavy (non-hydrogen) atoms. The first-order chi connectivity index (χ1) is 10.3. The van der Waals surface area contributed by atoms with Crippen LogP contribution in [0.15, 0.2) is 0 Å². The summed E-state index contributed by atoms with van der Waals surface area (Å²) in [6, 6.07) is 1.33. The molecule has 0 spiro atoms. The van der Waals surface area contributed by atoms with Gasteiger partial charge in [-0.05, 0) is 91.4 Å². The monoisotopic (exact) mass is 312 g/mol. The predicted octanol–water partition coefficient (Wildman–Crippen LogP) is 5.28. The van der Waals surface area contributed by atoms with Gasteiger partial charge in [0.05, 0.1) is 0 Å². The van der Waals surface area contributed by atoms with E-state index >= 15 is 0 Å². The fourth-order valence-corrected chi connectivity index (χ4v) is 3.16. The van der Waals surface area contributed by atoms with Crippen molar-refractivity contribution in [3.63, 3.8) is 0 Å². The van der Waals surface area contributed by atoms with Crippen LogP contribution in [-0.4, -0.2) is 48.1 Å². The molecule has 134 valence electrons. The Balaban J connectivity index is 3.90. The SMILES string of the molecule is CCN(CCCC(C)CCN(C(C)C)C(C)C)CCC(C)C. The van der Waals surface area contributed by atoms with Crippen molar-refractivity contribution < 1.29 is 0 Å². The molecule has 0 rings (SSSR count). The Morgan fingerprint density at radius 3 is 1.73 bits per heavy atom. The van der Waals surface area contributed by atoms with Gasteiger partial charge in [-0.3, -0.25) is 4.90 Å². The van der Waals surface area contributed by atoms with Gasteiger partial charge >= 0.3 is 0 Å². The fraction of sp³-hybridized carbons (Fsp3) is 1.00. The highest BCUT2D eigenvalue weighted by Crippen LogP contribution is 2.15. The molecule has 0 aromatic heterocycles. The molecule has 0 fully saturated rings. The van der Waals surface area contributed by atoms with Crippen molar-refractivity contribution in [1.29, 1.82) is 0 Å². The highest BCUT2D eigenvalue weighted by molar-refractivity contribution is 4.69. The van der Waals surface area contributed by atoms with Crippen LogP contribution < -0.4 is 0 Å². The molecular formula is C20H44N2. The molecule has 2 heteroatoms. The Bertz CT molecular complexity index is 240. The minimum atomic E-state index is 0.666. The van der Waals surface area contributed by atoms with Crippen molar-refractivity contribution in [2.24, 2.45) is 11.8 Å². The Labute approximate surface area is 141 Å². The van der Waals surface area contributed by atoms with Gasteiger partial charge in [-0.25, -0.2) is 0 Å². The van der Waals surface area contributed by atoms with Crippen LogP contribution in [0, 0.1) is 11.8 Å². The second-order valence-electron chi connectivity index (χ2n) is 8.08. The normalized spacial score (nSPS) is 14.0. The summed E-state index contributed by atoms with van der Waals surface area (Å²) in [6.07, 6.45) is 5.41. The lowest BCUT2D eigenvalue weighted by Crippen LogP contribution is -2.38. The van der Waals surface area contributed by atoms with Crippen molar-refractivity contribution >= 4 is 0 Å². The minimum Gasteiger partial charge on any atom is -0.304 e. The van der Waals surface area contributed by atoms with Crippen LogP contribution in [0.4, 0.5) is 0 Å². The van der Waals surface area contributed by atoms with Gasteiger partial charge in [0.1, 0.15) is 0 Å². The van der Waals surface area contributed by atoms with Crippen LogP contribution in [0.25, 0.3) is 0 Å². The quantitative estimate of drug-likeness (QED) is 0.456. The molecule has 0 aromatic rings. The van der Waals surface area contributed by atoms with Crippen molar-refractivity contribution in [2.45, 2.75) is 93.2 Å². The standard InChI is InChI=1S/C20H44N2/c1-9-21(15-12-17(2)3)14-10-11-20(8)13-16-22(18(4)5)19(6)7/h17-20H,9-16H2,1-8H3. The zero-order valence-corrected chi connectivity index (χ0v) is 16.9. The molecule has 1 unspecified atom stereocenters. The molecular weight excluding hydrogens is 268 g/mol. The van der Waals surface area contributed by atoms with E-state index in [1.165, 1.54) is 51.9 Å². The van der Waals surface area contributed by atoms with Crippen LogP contribution in [0.3, 0.4) is 0 Å². The molecule has 0 amide bonds. The van der Waals surface area contributed by atoms with Crippen LogP contribution in [0.1, 0.15) is 81.1 Å². The third-order valence-electron chi connectivity index (χ3n) is 4.85. The average molecular weight is 313 g/mol. The molecule has 0 radical (unpaired) electrons.